The maximum Gasteiger partial charge on any atom is 0.317 e. The third-order valence-corrected chi connectivity index (χ3v) is 5.20. The zero-order chi connectivity index (χ0) is 27.3. The number of aliphatic carboxylic acids is 3. The number of nitrogens with zero attached hydrogens (tertiary/aromatic N) is 4. The lowest BCUT2D eigenvalue weighted by Crippen LogP contribution is -2.43. The van der Waals surface area contributed by atoms with Crippen LogP contribution in [0.25, 0.3) is 0 Å². The molecule has 0 aromatic rings. The Morgan fingerprint density at radius 1 is 0.528 bits per heavy atom. The van der Waals surface area contributed by atoms with E-state index in [1.807, 2.05) is 18.7 Å². The van der Waals surface area contributed by atoms with Crippen LogP contribution in [0.2, 0.25) is 0 Å². The molecule has 0 aromatic heterocycles. The second-order valence-electron chi connectivity index (χ2n) is 8.21. The molecule has 13 heteroatoms. The second kappa shape index (κ2) is 21.0. The van der Waals surface area contributed by atoms with Crippen LogP contribution in [-0.4, -0.2) is 164 Å². The highest BCUT2D eigenvalue weighted by Gasteiger charge is 2.17. The van der Waals surface area contributed by atoms with Gasteiger partial charge in [0.1, 0.15) is 5.78 Å². The third kappa shape index (κ3) is 19.1. The van der Waals surface area contributed by atoms with Crippen LogP contribution in [0.4, 0.5) is 0 Å². The molecule has 0 amide bonds. The van der Waals surface area contributed by atoms with Crippen LogP contribution < -0.4 is 0 Å². The summed E-state index contributed by atoms with van der Waals surface area (Å²) in [5.41, 5.74) is 0. The van der Waals surface area contributed by atoms with Crippen molar-refractivity contribution in [1.82, 2.24) is 19.6 Å². The molecule has 0 aromatic carbocycles. The van der Waals surface area contributed by atoms with Crippen molar-refractivity contribution in [2.45, 2.75) is 20.8 Å². The molecule has 210 valence electrons. The summed E-state index contributed by atoms with van der Waals surface area (Å²) in [7, 11) is 0. The van der Waals surface area contributed by atoms with E-state index in [-0.39, 0.29) is 51.8 Å². The van der Waals surface area contributed by atoms with Crippen molar-refractivity contribution < 1.29 is 44.0 Å². The number of ether oxygens (including phenoxy) is 2. The molecular formula is C23H44N4O9. The zero-order valence-electron chi connectivity index (χ0n) is 21.9. The van der Waals surface area contributed by atoms with Gasteiger partial charge in [-0.05, 0) is 6.92 Å². The van der Waals surface area contributed by atoms with Crippen LogP contribution in [0.5, 0.6) is 0 Å². The van der Waals surface area contributed by atoms with Gasteiger partial charge in [0.15, 0.2) is 0 Å². The van der Waals surface area contributed by atoms with Gasteiger partial charge in [0.25, 0.3) is 0 Å². The molecule has 1 aliphatic rings. The van der Waals surface area contributed by atoms with Crippen molar-refractivity contribution in [3.05, 3.63) is 0 Å². The van der Waals surface area contributed by atoms with E-state index in [1.54, 1.807) is 14.7 Å². The Kier molecular flexibility index (Phi) is 19.7. The second-order valence-corrected chi connectivity index (χ2v) is 8.21. The summed E-state index contributed by atoms with van der Waals surface area (Å²) in [4.78, 5) is 52.3. The molecule has 0 spiro atoms. The van der Waals surface area contributed by atoms with Gasteiger partial charge in [0, 0.05) is 52.4 Å². The minimum absolute atomic E-state index is 0.00573. The Morgan fingerprint density at radius 3 is 1.00 bits per heavy atom. The molecule has 1 saturated heterocycles. The number of carbonyl (C=O) groups excluding carboxylic acids is 1. The maximum absolute atomic E-state index is 11.6. The van der Waals surface area contributed by atoms with Crippen molar-refractivity contribution in [3.8, 4) is 0 Å². The van der Waals surface area contributed by atoms with Gasteiger partial charge in [-0.3, -0.25) is 38.8 Å². The first-order valence-corrected chi connectivity index (χ1v) is 12.4. The highest BCUT2D eigenvalue weighted by Crippen LogP contribution is 1.99. The number of ketones is 1. The van der Waals surface area contributed by atoms with Gasteiger partial charge < -0.3 is 24.8 Å². The molecule has 1 fully saturated rings. The van der Waals surface area contributed by atoms with E-state index < -0.39 is 17.9 Å². The van der Waals surface area contributed by atoms with Gasteiger partial charge in [0.2, 0.25) is 0 Å². The Morgan fingerprint density at radius 2 is 0.778 bits per heavy atom. The third-order valence-electron chi connectivity index (χ3n) is 5.20. The number of carbonyl (C=O) groups is 4. The average molecular weight is 521 g/mol. The number of rotatable bonds is 8. The fourth-order valence-corrected chi connectivity index (χ4v) is 3.51. The van der Waals surface area contributed by atoms with Crippen LogP contribution in [0.3, 0.4) is 0 Å². The largest absolute Gasteiger partial charge is 0.480 e. The highest BCUT2D eigenvalue weighted by atomic mass is 16.5. The highest BCUT2D eigenvalue weighted by molar-refractivity contribution is 5.77. The summed E-state index contributed by atoms with van der Waals surface area (Å²) < 4.78 is 11.3. The lowest BCUT2D eigenvalue weighted by molar-refractivity contribution is -0.140. The molecule has 36 heavy (non-hydrogen) atoms. The van der Waals surface area contributed by atoms with Gasteiger partial charge in [-0.25, -0.2) is 0 Å². The van der Waals surface area contributed by atoms with E-state index in [1.165, 1.54) is 6.92 Å². The van der Waals surface area contributed by atoms with E-state index in [9.17, 15) is 34.5 Å². The van der Waals surface area contributed by atoms with Crippen molar-refractivity contribution in [1.29, 1.82) is 0 Å². The summed E-state index contributed by atoms with van der Waals surface area (Å²) in [6.07, 6.45) is 0. The maximum atomic E-state index is 11.6. The van der Waals surface area contributed by atoms with Gasteiger partial charge in [-0.2, -0.15) is 0 Å². The first kappa shape index (κ1) is 33.8. The Labute approximate surface area is 213 Å². The van der Waals surface area contributed by atoms with Crippen molar-refractivity contribution in [2.24, 2.45) is 0 Å². The van der Waals surface area contributed by atoms with Crippen LogP contribution in [-0.2, 0) is 28.7 Å². The number of hydrogen-bond acceptors (Lipinski definition) is 10. The fraction of sp³-hybridized carbons (Fsp3) is 0.826. The summed E-state index contributed by atoms with van der Waals surface area (Å²) in [5.74, 6) is -2.93. The molecule has 1 rings (SSSR count). The van der Waals surface area contributed by atoms with E-state index in [0.717, 1.165) is 0 Å². The monoisotopic (exact) mass is 520 g/mol. The molecule has 0 atom stereocenters. The average Bonchev–Trinajstić information content (AvgIpc) is 2.78. The number of Topliss-reactive ketones (excluding diaryl/α,β-unsaturated/α-hetero) is 1. The number of carboxylic acids is 3. The molecule has 3 N–H and O–H groups in total. The quantitative estimate of drug-likeness (QED) is 0.362. The SMILES string of the molecule is CC.CC(=O)CN1CCOCCN(CC(=O)O)CCN(CC(=O)O)CCOCCN(CC(=O)O)CC1. The smallest absolute Gasteiger partial charge is 0.317 e. The Balaban J connectivity index is 0.00000596. The molecule has 0 unspecified atom stereocenters. The fourth-order valence-electron chi connectivity index (χ4n) is 3.51. The van der Waals surface area contributed by atoms with Gasteiger partial charge in [0.05, 0.1) is 52.6 Å². The van der Waals surface area contributed by atoms with Crippen molar-refractivity contribution in [2.75, 3.05) is 105 Å². The van der Waals surface area contributed by atoms with Crippen molar-refractivity contribution in [3.63, 3.8) is 0 Å². The lowest BCUT2D eigenvalue weighted by atomic mass is 10.3. The van der Waals surface area contributed by atoms with Crippen LogP contribution in [0, 0.1) is 0 Å². The molecular weight excluding hydrogens is 476 g/mol. The first-order valence-electron chi connectivity index (χ1n) is 12.4. The molecule has 13 nitrogen and oxygen atoms in total. The normalized spacial score (nSPS) is 19.3. The topological polar surface area (TPSA) is 160 Å². The van der Waals surface area contributed by atoms with E-state index in [2.05, 4.69) is 0 Å². The molecule has 1 aliphatic heterocycles. The Hall–Kier alpha value is -2.16. The van der Waals surface area contributed by atoms with Gasteiger partial charge in [-0.1, -0.05) is 13.8 Å². The molecule has 0 radical (unpaired) electrons. The van der Waals surface area contributed by atoms with E-state index in [4.69, 9.17) is 9.47 Å². The molecule has 1 heterocycles. The summed E-state index contributed by atoms with van der Waals surface area (Å²) in [6, 6.07) is 0. The van der Waals surface area contributed by atoms with E-state index >= 15 is 0 Å². The number of carboxylic acid groups (broad SMARTS) is 3. The van der Waals surface area contributed by atoms with Crippen LogP contribution >= 0.6 is 0 Å². The van der Waals surface area contributed by atoms with Gasteiger partial charge >= 0.3 is 17.9 Å². The minimum atomic E-state index is -0.988. The summed E-state index contributed by atoms with van der Waals surface area (Å²) in [6.45, 7) is 9.51. The lowest BCUT2D eigenvalue weighted by Gasteiger charge is -2.28. The predicted octanol–water partition coefficient (Wildman–Crippen LogP) is -0.890. The van der Waals surface area contributed by atoms with E-state index in [0.29, 0.717) is 59.0 Å². The van der Waals surface area contributed by atoms with Crippen LogP contribution in [0.15, 0.2) is 0 Å². The zero-order valence-corrected chi connectivity index (χ0v) is 21.9. The standard InChI is InChI=1S/C21H38N4O9.C2H6/c1-18(26)14-22-2-3-23(15-19(27)28)7-12-34-13-9-25(17-21(31)32)5-4-24(16-20(29)30)8-11-33-10-6-22;1-2/h2-17H2,1H3,(H,27,28)(H,29,30)(H,31,32);1-2H3. The van der Waals surface area contributed by atoms with Crippen LogP contribution in [0.1, 0.15) is 20.8 Å². The van der Waals surface area contributed by atoms with Crippen molar-refractivity contribution >= 4 is 23.7 Å². The predicted molar refractivity (Wildman–Crippen MR) is 132 cm³/mol. The molecule has 0 bridgehead atoms. The van der Waals surface area contributed by atoms with Gasteiger partial charge in [-0.15, -0.1) is 0 Å². The first-order chi connectivity index (χ1) is 17.2. The number of hydrogen-bond donors (Lipinski definition) is 3. The minimum Gasteiger partial charge on any atom is -0.480 e. The summed E-state index contributed by atoms with van der Waals surface area (Å²) in [5, 5.41) is 27.5. The molecule has 0 aliphatic carbocycles. The Bertz CT molecular complexity index is 545. The molecule has 0 saturated carbocycles. The summed E-state index contributed by atoms with van der Waals surface area (Å²) >= 11 is 0.